The van der Waals surface area contributed by atoms with E-state index in [1.165, 1.54) is 21.7 Å². The van der Waals surface area contributed by atoms with Gasteiger partial charge in [-0.2, -0.15) is 0 Å². The first-order valence-electron chi connectivity index (χ1n) is 7.78. The summed E-state index contributed by atoms with van der Waals surface area (Å²) in [6.07, 6.45) is 1.98. The summed E-state index contributed by atoms with van der Waals surface area (Å²) in [7, 11) is 0. The van der Waals surface area contributed by atoms with Crippen LogP contribution in [-0.4, -0.2) is 18.1 Å². The van der Waals surface area contributed by atoms with Crippen LogP contribution in [0.5, 0.6) is 5.75 Å². The number of hydrogen-bond donors (Lipinski definition) is 0. The van der Waals surface area contributed by atoms with Gasteiger partial charge in [-0.05, 0) is 30.2 Å². The van der Waals surface area contributed by atoms with Crippen molar-refractivity contribution in [2.45, 2.75) is 13.5 Å². The lowest BCUT2D eigenvalue weighted by Gasteiger charge is -2.30. The topological polar surface area (TPSA) is 25.4 Å². The average molecular weight is 322 g/mol. The normalized spacial score (nSPS) is 13.5. The first kappa shape index (κ1) is 14.3. The van der Waals surface area contributed by atoms with Gasteiger partial charge in [0, 0.05) is 6.20 Å². The van der Waals surface area contributed by atoms with E-state index in [2.05, 4.69) is 59.3 Å². The summed E-state index contributed by atoms with van der Waals surface area (Å²) in [5.41, 5.74) is 3.62. The second kappa shape index (κ2) is 6.05. The molecule has 4 rings (SSSR count). The zero-order valence-electron chi connectivity index (χ0n) is 13.0. The molecule has 2 aromatic carbocycles. The van der Waals surface area contributed by atoms with Crippen molar-refractivity contribution in [3.63, 3.8) is 0 Å². The smallest absolute Gasteiger partial charge is 0.142 e. The van der Waals surface area contributed by atoms with Crippen molar-refractivity contribution in [2.75, 3.05) is 18.1 Å². The molecule has 116 valence electrons. The van der Waals surface area contributed by atoms with E-state index in [4.69, 9.17) is 4.74 Å². The van der Waals surface area contributed by atoms with Crippen LogP contribution in [0.25, 0.3) is 10.4 Å². The lowest BCUT2D eigenvalue weighted by Crippen LogP contribution is -2.32. The first-order chi connectivity index (χ1) is 11.3. The predicted molar refractivity (Wildman–Crippen MR) is 95.3 cm³/mol. The van der Waals surface area contributed by atoms with Gasteiger partial charge in [-0.25, -0.2) is 4.98 Å². The lowest BCUT2D eigenvalue weighted by atomic mass is 10.1. The summed E-state index contributed by atoms with van der Waals surface area (Å²) in [5.74, 6) is 0.982. The number of ether oxygens (including phenoxy) is 1. The largest absolute Gasteiger partial charge is 0.490 e. The summed E-state index contributed by atoms with van der Waals surface area (Å²) in [4.78, 5) is 8.19. The van der Waals surface area contributed by atoms with Crippen LogP contribution in [0.4, 0.5) is 5.69 Å². The number of nitrogens with zero attached hydrogens (tertiary/aromatic N) is 2. The van der Waals surface area contributed by atoms with Crippen LogP contribution in [0.2, 0.25) is 0 Å². The lowest BCUT2D eigenvalue weighted by molar-refractivity contribution is 0.306. The molecule has 0 radical (unpaired) electrons. The van der Waals surface area contributed by atoms with Crippen LogP contribution in [-0.2, 0) is 6.54 Å². The first-order valence-corrected chi connectivity index (χ1v) is 8.60. The summed E-state index contributed by atoms with van der Waals surface area (Å²) in [6.45, 7) is 4.55. The van der Waals surface area contributed by atoms with Crippen LogP contribution < -0.4 is 9.64 Å². The monoisotopic (exact) mass is 322 g/mol. The fourth-order valence-electron chi connectivity index (χ4n) is 2.83. The molecule has 0 spiro atoms. The van der Waals surface area contributed by atoms with Gasteiger partial charge < -0.3 is 9.64 Å². The van der Waals surface area contributed by atoms with Gasteiger partial charge in [0.15, 0.2) is 0 Å². The second-order valence-corrected chi connectivity index (χ2v) is 6.84. The van der Waals surface area contributed by atoms with Gasteiger partial charge in [0.05, 0.1) is 23.7 Å². The van der Waals surface area contributed by atoms with Gasteiger partial charge >= 0.3 is 0 Å². The van der Waals surface area contributed by atoms with E-state index in [9.17, 15) is 0 Å². The van der Waals surface area contributed by atoms with Gasteiger partial charge in [-0.15, -0.1) is 11.3 Å². The molecule has 1 aliphatic heterocycles. The Bertz CT molecular complexity index is 813. The predicted octanol–water partition coefficient (Wildman–Crippen LogP) is 4.52. The van der Waals surface area contributed by atoms with Crippen LogP contribution >= 0.6 is 11.3 Å². The van der Waals surface area contributed by atoms with Crippen molar-refractivity contribution < 1.29 is 4.74 Å². The molecule has 0 N–H and O–H groups in total. The summed E-state index contributed by atoms with van der Waals surface area (Å²) in [5, 5.41) is 1.14. The van der Waals surface area contributed by atoms with Gasteiger partial charge in [0.25, 0.3) is 0 Å². The second-order valence-electron chi connectivity index (χ2n) is 5.73. The van der Waals surface area contributed by atoms with Gasteiger partial charge in [0.1, 0.15) is 17.4 Å². The number of hydrogen-bond acceptors (Lipinski definition) is 4. The maximum absolute atomic E-state index is 5.79. The minimum atomic E-state index is 0.730. The standard InChI is InChI=1S/C19H18N2OS/c1-14-7-8-16-17(11-14)22-10-9-21(16)13-19-20-12-18(23-19)15-5-3-2-4-6-15/h2-8,11-12H,9-10,13H2,1H3. The maximum atomic E-state index is 5.79. The van der Waals surface area contributed by atoms with Crippen molar-refractivity contribution in [1.29, 1.82) is 0 Å². The maximum Gasteiger partial charge on any atom is 0.142 e. The van der Waals surface area contributed by atoms with Crippen molar-refractivity contribution in [3.8, 4) is 16.2 Å². The minimum absolute atomic E-state index is 0.730. The fourth-order valence-corrected chi connectivity index (χ4v) is 3.77. The molecule has 4 heteroatoms. The number of anilines is 1. The Labute approximate surface area is 140 Å². The SMILES string of the molecule is Cc1ccc2c(c1)OCCN2Cc1ncc(-c2ccccc2)s1. The Morgan fingerprint density at radius 1 is 1.17 bits per heavy atom. The molecule has 3 nitrogen and oxygen atoms in total. The molecule has 0 saturated heterocycles. The van der Waals surface area contributed by atoms with Crippen molar-refractivity contribution >= 4 is 17.0 Å². The molecule has 0 amide bonds. The third-order valence-electron chi connectivity index (χ3n) is 4.01. The zero-order valence-corrected chi connectivity index (χ0v) is 13.8. The van der Waals surface area contributed by atoms with Gasteiger partial charge in [-0.3, -0.25) is 0 Å². The van der Waals surface area contributed by atoms with Crippen LogP contribution in [0.15, 0.2) is 54.7 Å². The molecule has 3 aromatic rings. The zero-order chi connectivity index (χ0) is 15.6. The van der Waals surface area contributed by atoms with Crippen molar-refractivity contribution in [1.82, 2.24) is 4.98 Å². The Hall–Kier alpha value is -2.33. The van der Waals surface area contributed by atoms with Crippen LogP contribution in [0.3, 0.4) is 0 Å². The third-order valence-corrected chi connectivity index (χ3v) is 5.04. The molecule has 0 aliphatic carbocycles. The molecule has 0 bridgehead atoms. The van der Waals surface area contributed by atoms with E-state index < -0.39 is 0 Å². The molecular weight excluding hydrogens is 304 g/mol. The molecule has 1 aromatic heterocycles. The Balaban J connectivity index is 1.57. The Morgan fingerprint density at radius 3 is 2.91 bits per heavy atom. The van der Waals surface area contributed by atoms with E-state index >= 15 is 0 Å². The molecule has 2 heterocycles. The Morgan fingerprint density at radius 2 is 2.04 bits per heavy atom. The van der Waals surface area contributed by atoms with E-state index in [1.54, 1.807) is 11.3 Å². The highest BCUT2D eigenvalue weighted by molar-refractivity contribution is 7.15. The molecule has 0 unspecified atom stereocenters. The number of aromatic nitrogens is 1. The summed E-state index contributed by atoms with van der Waals surface area (Å²) in [6, 6.07) is 16.8. The highest BCUT2D eigenvalue weighted by Crippen LogP contribution is 2.34. The molecule has 0 fully saturated rings. The molecule has 0 atom stereocenters. The number of benzene rings is 2. The number of fused-ring (bicyclic) bond motifs is 1. The van der Waals surface area contributed by atoms with Gasteiger partial charge in [-0.1, -0.05) is 36.4 Å². The van der Waals surface area contributed by atoms with Crippen molar-refractivity contribution in [3.05, 3.63) is 65.3 Å². The molecular formula is C19H18N2OS. The van der Waals surface area contributed by atoms with Crippen LogP contribution in [0, 0.1) is 6.92 Å². The van der Waals surface area contributed by atoms with Crippen LogP contribution in [0.1, 0.15) is 10.6 Å². The quantitative estimate of drug-likeness (QED) is 0.709. The van der Waals surface area contributed by atoms with E-state index in [-0.39, 0.29) is 0 Å². The number of rotatable bonds is 3. The molecule has 0 saturated carbocycles. The Kier molecular flexibility index (Phi) is 3.75. The van der Waals surface area contributed by atoms with Gasteiger partial charge in [0.2, 0.25) is 0 Å². The average Bonchev–Trinajstić information content (AvgIpc) is 3.04. The minimum Gasteiger partial charge on any atom is -0.490 e. The third kappa shape index (κ3) is 2.94. The highest BCUT2D eigenvalue weighted by atomic mass is 32.1. The van der Waals surface area contributed by atoms with E-state index in [0.29, 0.717) is 0 Å². The fraction of sp³-hybridized carbons (Fsp3) is 0.211. The number of thiazole rings is 1. The highest BCUT2D eigenvalue weighted by Gasteiger charge is 2.19. The summed E-state index contributed by atoms with van der Waals surface area (Å²) < 4.78 is 5.79. The van der Waals surface area contributed by atoms with Crippen molar-refractivity contribution in [2.24, 2.45) is 0 Å². The van der Waals surface area contributed by atoms with E-state index in [1.807, 2.05) is 12.3 Å². The molecule has 1 aliphatic rings. The summed E-state index contributed by atoms with van der Waals surface area (Å²) >= 11 is 1.76. The van der Waals surface area contributed by atoms with E-state index in [0.717, 1.165) is 30.5 Å². The molecule has 23 heavy (non-hydrogen) atoms. The number of aryl methyl sites for hydroxylation is 1.